The molecule has 2 fully saturated rings. The molecule has 1 aromatic heterocycles. The number of aromatic nitrogens is 2. The van der Waals surface area contributed by atoms with Crippen molar-refractivity contribution in [3.63, 3.8) is 0 Å². The summed E-state index contributed by atoms with van der Waals surface area (Å²) in [6.45, 7) is 2.84. The first kappa shape index (κ1) is 21.5. The molecule has 0 spiro atoms. The van der Waals surface area contributed by atoms with Gasteiger partial charge in [0.2, 0.25) is 0 Å². The molecular weight excluding hydrogens is 418 g/mol. The largest absolute Gasteiger partial charge is 0.462 e. The third kappa shape index (κ3) is 5.32. The Bertz CT molecular complexity index is 995. The first-order valence-electron chi connectivity index (χ1n) is 10.5. The van der Waals surface area contributed by atoms with Crippen LogP contribution in [-0.2, 0) is 22.6 Å². The van der Waals surface area contributed by atoms with Gasteiger partial charge in [-0.15, -0.1) is 0 Å². The molecule has 1 atom stereocenters. The van der Waals surface area contributed by atoms with Crippen molar-refractivity contribution in [2.45, 2.75) is 45.3 Å². The first-order chi connectivity index (χ1) is 14.9. The minimum atomic E-state index is -0.326. The fourth-order valence-electron chi connectivity index (χ4n) is 3.83. The van der Waals surface area contributed by atoms with Gasteiger partial charge in [0.1, 0.15) is 30.5 Å². The van der Waals surface area contributed by atoms with E-state index in [9.17, 15) is 9.59 Å². The second kappa shape index (κ2) is 9.20. The van der Waals surface area contributed by atoms with Gasteiger partial charge in [-0.3, -0.25) is 9.59 Å². The average molecular weight is 444 g/mol. The monoisotopic (exact) mass is 443 g/mol. The maximum atomic E-state index is 12.8. The summed E-state index contributed by atoms with van der Waals surface area (Å²) >= 11 is 6.08. The first-order valence-corrected chi connectivity index (χ1v) is 10.8. The van der Waals surface area contributed by atoms with Crippen LogP contribution in [-0.4, -0.2) is 41.0 Å². The van der Waals surface area contributed by atoms with Gasteiger partial charge in [0.15, 0.2) is 0 Å². The zero-order chi connectivity index (χ0) is 22.0. The van der Waals surface area contributed by atoms with Gasteiger partial charge in [-0.05, 0) is 42.5 Å². The molecule has 1 aliphatic carbocycles. The summed E-state index contributed by atoms with van der Waals surface area (Å²) < 4.78 is 5.27. The van der Waals surface area contributed by atoms with E-state index in [1.54, 1.807) is 25.1 Å². The minimum Gasteiger partial charge on any atom is -0.462 e. The summed E-state index contributed by atoms with van der Waals surface area (Å²) in [6, 6.07) is 7.13. The van der Waals surface area contributed by atoms with Crippen LogP contribution >= 0.6 is 11.6 Å². The van der Waals surface area contributed by atoms with E-state index >= 15 is 0 Å². The molecule has 1 amide bonds. The number of halogens is 1. The predicted octanol–water partition coefficient (Wildman–Crippen LogP) is 2.36. The molecule has 8 nitrogen and oxygen atoms in total. The van der Waals surface area contributed by atoms with Crippen LogP contribution in [0.3, 0.4) is 0 Å². The van der Waals surface area contributed by atoms with E-state index in [-0.39, 0.29) is 36.7 Å². The molecule has 9 heteroatoms. The van der Waals surface area contributed by atoms with E-state index in [1.165, 1.54) is 12.8 Å². The number of benzene rings is 1. The van der Waals surface area contributed by atoms with Crippen molar-refractivity contribution in [2.24, 2.45) is 11.7 Å². The zero-order valence-corrected chi connectivity index (χ0v) is 18.2. The Morgan fingerprint density at radius 2 is 2.10 bits per heavy atom. The highest BCUT2D eigenvalue weighted by Crippen LogP contribution is 2.36. The molecule has 1 saturated carbocycles. The SMILES string of the molecule is Cc1nc(C(=O)NCc2cc(Cl)ccc2CN)cc(N2CC(=O)OCC2CC2CC2)n1. The van der Waals surface area contributed by atoms with Gasteiger partial charge in [-0.25, -0.2) is 9.97 Å². The van der Waals surface area contributed by atoms with Crippen LogP contribution in [0, 0.1) is 12.8 Å². The number of ether oxygens (including phenoxy) is 1. The van der Waals surface area contributed by atoms with Gasteiger partial charge >= 0.3 is 5.97 Å². The highest BCUT2D eigenvalue weighted by Gasteiger charge is 2.34. The highest BCUT2D eigenvalue weighted by atomic mass is 35.5. The van der Waals surface area contributed by atoms with E-state index in [0.29, 0.717) is 35.7 Å². The molecule has 2 aliphatic rings. The number of hydrogen-bond donors (Lipinski definition) is 2. The molecule has 1 aliphatic heterocycles. The van der Waals surface area contributed by atoms with Crippen LogP contribution in [0.1, 0.15) is 46.7 Å². The summed E-state index contributed by atoms with van der Waals surface area (Å²) in [7, 11) is 0. The second-order valence-corrected chi connectivity index (χ2v) is 8.54. The average Bonchev–Trinajstić information content (AvgIpc) is 3.57. The van der Waals surface area contributed by atoms with Crippen molar-refractivity contribution in [3.05, 3.63) is 51.9 Å². The fourth-order valence-corrected chi connectivity index (χ4v) is 4.03. The number of hydrogen-bond acceptors (Lipinski definition) is 7. The van der Waals surface area contributed by atoms with E-state index in [2.05, 4.69) is 15.3 Å². The van der Waals surface area contributed by atoms with Gasteiger partial charge in [0.05, 0.1) is 6.04 Å². The molecule has 3 N–H and O–H groups in total. The van der Waals surface area contributed by atoms with Gasteiger partial charge < -0.3 is 20.7 Å². The van der Waals surface area contributed by atoms with Crippen LogP contribution in [0.2, 0.25) is 5.02 Å². The summed E-state index contributed by atoms with van der Waals surface area (Å²) in [6.07, 6.45) is 3.38. The van der Waals surface area contributed by atoms with Gasteiger partial charge in [0, 0.05) is 24.2 Å². The molecule has 1 aromatic carbocycles. The lowest BCUT2D eigenvalue weighted by molar-refractivity contribution is -0.145. The van der Waals surface area contributed by atoms with Crippen LogP contribution in [0.4, 0.5) is 5.82 Å². The van der Waals surface area contributed by atoms with Crippen molar-refractivity contribution >= 4 is 29.3 Å². The van der Waals surface area contributed by atoms with Crippen LogP contribution < -0.4 is 16.0 Å². The van der Waals surface area contributed by atoms with Crippen LogP contribution in [0.25, 0.3) is 0 Å². The molecule has 2 aromatic rings. The van der Waals surface area contributed by atoms with Gasteiger partial charge in [-0.2, -0.15) is 0 Å². The maximum absolute atomic E-state index is 12.8. The Balaban J connectivity index is 1.52. The van der Waals surface area contributed by atoms with Crippen molar-refractivity contribution in [2.75, 3.05) is 18.1 Å². The number of carbonyl (C=O) groups is 2. The minimum absolute atomic E-state index is 0.0639. The number of nitrogens with zero attached hydrogens (tertiary/aromatic N) is 3. The van der Waals surface area contributed by atoms with Crippen LogP contribution in [0.15, 0.2) is 24.3 Å². The third-order valence-electron chi connectivity index (χ3n) is 5.66. The molecule has 0 bridgehead atoms. The van der Waals surface area contributed by atoms with Gasteiger partial charge in [-0.1, -0.05) is 30.5 Å². The van der Waals surface area contributed by atoms with E-state index in [4.69, 9.17) is 22.1 Å². The van der Waals surface area contributed by atoms with Crippen molar-refractivity contribution in [1.29, 1.82) is 0 Å². The molecule has 1 saturated heterocycles. The topological polar surface area (TPSA) is 110 Å². The number of morpholine rings is 1. The lowest BCUT2D eigenvalue weighted by atomic mass is 10.1. The Morgan fingerprint density at radius 3 is 2.84 bits per heavy atom. The molecule has 4 rings (SSSR count). The number of cyclic esters (lactones) is 1. The van der Waals surface area contributed by atoms with Crippen molar-refractivity contribution < 1.29 is 14.3 Å². The zero-order valence-electron chi connectivity index (χ0n) is 17.4. The number of amides is 1. The van der Waals surface area contributed by atoms with Crippen LogP contribution in [0.5, 0.6) is 0 Å². The molecule has 1 unspecified atom stereocenters. The maximum Gasteiger partial charge on any atom is 0.325 e. The molecule has 31 heavy (non-hydrogen) atoms. The third-order valence-corrected chi connectivity index (χ3v) is 5.89. The molecular formula is C22H26ClN5O3. The normalized spacial score (nSPS) is 18.6. The number of aryl methyl sites for hydroxylation is 1. The summed E-state index contributed by atoms with van der Waals surface area (Å²) in [5.74, 6) is 1.10. The summed E-state index contributed by atoms with van der Waals surface area (Å²) in [5.41, 5.74) is 7.81. The fraction of sp³-hybridized carbons (Fsp3) is 0.455. The number of nitrogens with one attached hydrogen (secondary N) is 1. The molecule has 0 radical (unpaired) electrons. The molecule has 164 valence electrons. The Morgan fingerprint density at radius 1 is 1.29 bits per heavy atom. The summed E-state index contributed by atoms with van der Waals surface area (Å²) in [4.78, 5) is 35.5. The molecule has 2 heterocycles. The number of esters is 1. The van der Waals surface area contributed by atoms with Crippen molar-refractivity contribution in [3.8, 4) is 0 Å². The quantitative estimate of drug-likeness (QED) is 0.632. The number of anilines is 1. The lowest BCUT2D eigenvalue weighted by Crippen LogP contribution is -2.48. The predicted molar refractivity (Wildman–Crippen MR) is 117 cm³/mol. The highest BCUT2D eigenvalue weighted by molar-refractivity contribution is 6.30. The van der Waals surface area contributed by atoms with E-state index < -0.39 is 0 Å². The summed E-state index contributed by atoms with van der Waals surface area (Å²) in [5, 5.41) is 3.47. The number of nitrogens with two attached hydrogens (primary N) is 1. The Kier molecular flexibility index (Phi) is 6.38. The number of carbonyl (C=O) groups excluding carboxylic acids is 2. The van der Waals surface area contributed by atoms with E-state index in [1.807, 2.05) is 11.0 Å². The van der Waals surface area contributed by atoms with Crippen molar-refractivity contribution in [1.82, 2.24) is 15.3 Å². The smallest absolute Gasteiger partial charge is 0.325 e. The lowest BCUT2D eigenvalue weighted by Gasteiger charge is -2.35. The number of rotatable bonds is 7. The Labute approximate surface area is 186 Å². The van der Waals surface area contributed by atoms with E-state index in [0.717, 1.165) is 17.5 Å². The standard InChI is InChI=1S/C22H26ClN5O3/c1-13-26-19(22(30)25-10-16-7-17(23)5-4-15(16)9-24)8-20(27-13)28-11-21(29)31-12-18(28)6-14-2-3-14/h4-5,7-8,14,18H,2-3,6,9-12,24H2,1H3,(H,25,30). The Hall–Kier alpha value is -2.71. The van der Waals surface area contributed by atoms with Gasteiger partial charge in [0.25, 0.3) is 5.91 Å². The second-order valence-electron chi connectivity index (χ2n) is 8.10.